The van der Waals surface area contributed by atoms with Gasteiger partial charge in [0.25, 0.3) is 5.91 Å². The fourth-order valence-electron chi connectivity index (χ4n) is 1.34. The van der Waals surface area contributed by atoms with Gasteiger partial charge in [0.05, 0.1) is 5.56 Å². The van der Waals surface area contributed by atoms with Gasteiger partial charge in [-0.15, -0.1) is 0 Å². The first-order valence-electron chi connectivity index (χ1n) is 5.37. The van der Waals surface area contributed by atoms with Crippen LogP contribution in [0.15, 0.2) is 18.2 Å². The van der Waals surface area contributed by atoms with Gasteiger partial charge in [0, 0.05) is 17.8 Å². The summed E-state index contributed by atoms with van der Waals surface area (Å²) in [6.07, 6.45) is 0. The Hall–Kier alpha value is -1.75. The summed E-state index contributed by atoms with van der Waals surface area (Å²) in [6.45, 7) is 3.08. The van der Waals surface area contributed by atoms with Crippen LogP contribution in [0.2, 0.25) is 5.02 Å². The van der Waals surface area contributed by atoms with E-state index in [-0.39, 0.29) is 0 Å². The molecule has 0 saturated heterocycles. The second kappa shape index (κ2) is 5.27. The van der Waals surface area contributed by atoms with Gasteiger partial charge in [-0.05, 0) is 32.0 Å². The van der Waals surface area contributed by atoms with E-state index in [9.17, 15) is 9.59 Å². The second-order valence-electron chi connectivity index (χ2n) is 4.38. The average molecular weight is 270 g/mol. The molecular formula is C12H16ClN3O2. The highest BCUT2D eigenvalue weighted by Gasteiger charge is 2.28. The first-order valence-corrected chi connectivity index (χ1v) is 5.75. The van der Waals surface area contributed by atoms with Crippen molar-refractivity contribution in [2.24, 2.45) is 5.73 Å². The maximum Gasteiger partial charge on any atom is 0.254 e. The highest BCUT2D eigenvalue weighted by atomic mass is 35.5. The van der Waals surface area contributed by atoms with Crippen LogP contribution in [0.1, 0.15) is 24.2 Å². The molecule has 0 aliphatic heterocycles. The Bertz CT molecular complexity index is 486. The third-order valence-corrected chi connectivity index (χ3v) is 2.77. The number of hydrogen-bond donors (Lipinski definition) is 3. The van der Waals surface area contributed by atoms with Crippen LogP contribution in [0.3, 0.4) is 0 Å². The van der Waals surface area contributed by atoms with Crippen molar-refractivity contribution in [3.8, 4) is 0 Å². The van der Waals surface area contributed by atoms with Gasteiger partial charge in [-0.2, -0.15) is 0 Å². The molecule has 1 rings (SSSR count). The quantitative estimate of drug-likeness (QED) is 0.772. The number of halogens is 1. The number of carbonyl (C=O) groups excluding carboxylic acids is 2. The Morgan fingerprint density at radius 3 is 2.44 bits per heavy atom. The molecule has 0 saturated carbocycles. The monoisotopic (exact) mass is 269 g/mol. The standard InChI is InChI=1S/C12H16ClN3O2/c1-12(2,11(14)18)16-10(17)8-6-7(13)4-5-9(8)15-3/h4-6,15H,1-3H3,(H2,14,18)(H,16,17). The smallest absolute Gasteiger partial charge is 0.254 e. The van der Waals surface area contributed by atoms with Crippen LogP contribution < -0.4 is 16.4 Å². The molecule has 0 aliphatic carbocycles. The minimum Gasteiger partial charge on any atom is -0.387 e. The molecule has 1 aromatic carbocycles. The number of anilines is 1. The summed E-state index contributed by atoms with van der Waals surface area (Å²) in [5.41, 5.74) is 5.06. The molecule has 4 N–H and O–H groups in total. The fourth-order valence-corrected chi connectivity index (χ4v) is 1.51. The molecule has 98 valence electrons. The van der Waals surface area contributed by atoms with E-state index in [0.717, 1.165) is 0 Å². The summed E-state index contributed by atoms with van der Waals surface area (Å²) in [4.78, 5) is 23.3. The summed E-state index contributed by atoms with van der Waals surface area (Å²) in [5.74, 6) is -1.02. The van der Waals surface area contributed by atoms with Crippen LogP contribution in [0.5, 0.6) is 0 Å². The number of nitrogens with two attached hydrogens (primary N) is 1. The van der Waals surface area contributed by atoms with Crippen molar-refractivity contribution in [1.29, 1.82) is 0 Å². The normalized spacial score (nSPS) is 10.9. The molecule has 0 bridgehead atoms. The first-order chi connectivity index (χ1) is 8.27. The third-order valence-electron chi connectivity index (χ3n) is 2.54. The molecule has 2 amide bonds. The molecule has 0 atom stereocenters. The summed E-state index contributed by atoms with van der Waals surface area (Å²) in [7, 11) is 1.69. The van der Waals surface area contributed by atoms with Crippen molar-refractivity contribution in [1.82, 2.24) is 5.32 Å². The van der Waals surface area contributed by atoms with Gasteiger partial charge in [0.15, 0.2) is 0 Å². The second-order valence-corrected chi connectivity index (χ2v) is 4.82. The van der Waals surface area contributed by atoms with Crippen LogP contribution in [-0.4, -0.2) is 24.4 Å². The summed E-state index contributed by atoms with van der Waals surface area (Å²) in [5, 5.41) is 5.89. The van der Waals surface area contributed by atoms with Gasteiger partial charge in [0.1, 0.15) is 5.54 Å². The lowest BCUT2D eigenvalue weighted by Crippen LogP contribution is -2.53. The van der Waals surface area contributed by atoms with E-state index in [1.807, 2.05) is 0 Å². The molecule has 0 aliphatic rings. The summed E-state index contributed by atoms with van der Waals surface area (Å²) in [6, 6.07) is 4.89. The molecule has 0 unspecified atom stereocenters. The van der Waals surface area contributed by atoms with Crippen molar-refractivity contribution < 1.29 is 9.59 Å². The van der Waals surface area contributed by atoms with Crippen LogP contribution >= 0.6 is 11.6 Å². The zero-order valence-electron chi connectivity index (χ0n) is 10.5. The molecule has 5 nitrogen and oxygen atoms in total. The predicted molar refractivity (Wildman–Crippen MR) is 71.7 cm³/mol. The van der Waals surface area contributed by atoms with Crippen LogP contribution in [0.4, 0.5) is 5.69 Å². The van der Waals surface area contributed by atoms with Gasteiger partial charge in [0.2, 0.25) is 5.91 Å². The lowest BCUT2D eigenvalue weighted by atomic mass is 10.0. The Kier molecular flexibility index (Phi) is 4.19. The number of benzene rings is 1. The first kappa shape index (κ1) is 14.3. The SMILES string of the molecule is CNc1ccc(Cl)cc1C(=O)NC(C)(C)C(N)=O. The zero-order chi connectivity index (χ0) is 13.9. The average Bonchev–Trinajstić information content (AvgIpc) is 2.28. The van der Waals surface area contributed by atoms with Crippen molar-refractivity contribution in [2.45, 2.75) is 19.4 Å². The van der Waals surface area contributed by atoms with Crippen molar-refractivity contribution in [2.75, 3.05) is 12.4 Å². The molecule has 0 radical (unpaired) electrons. The van der Waals surface area contributed by atoms with Gasteiger partial charge >= 0.3 is 0 Å². The Morgan fingerprint density at radius 1 is 1.33 bits per heavy atom. The molecule has 18 heavy (non-hydrogen) atoms. The number of carbonyl (C=O) groups is 2. The van der Waals surface area contributed by atoms with Crippen LogP contribution in [0.25, 0.3) is 0 Å². The highest BCUT2D eigenvalue weighted by Crippen LogP contribution is 2.20. The lowest BCUT2D eigenvalue weighted by Gasteiger charge is -2.23. The number of nitrogens with one attached hydrogen (secondary N) is 2. The van der Waals surface area contributed by atoms with E-state index in [1.165, 1.54) is 19.9 Å². The third kappa shape index (κ3) is 3.13. The van der Waals surface area contributed by atoms with E-state index in [0.29, 0.717) is 16.3 Å². The van der Waals surface area contributed by atoms with E-state index in [4.69, 9.17) is 17.3 Å². The number of amides is 2. The molecule has 6 heteroatoms. The van der Waals surface area contributed by atoms with Crippen LogP contribution in [0, 0.1) is 0 Å². The largest absolute Gasteiger partial charge is 0.387 e. The molecule has 0 spiro atoms. The summed E-state index contributed by atoms with van der Waals surface area (Å²) < 4.78 is 0. The maximum absolute atomic E-state index is 12.1. The Balaban J connectivity index is 3.04. The number of primary amides is 1. The molecule has 0 aromatic heterocycles. The molecule has 0 heterocycles. The zero-order valence-corrected chi connectivity index (χ0v) is 11.3. The van der Waals surface area contributed by atoms with E-state index in [2.05, 4.69) is 10.6 Å². The number of hydrogen-bond acceptors (Lipinski definition) is 3. The number of rotatable bonds is 4. The maximum atomic E-state index is 12.1. The van der Waals surface area contributed by atoms with E-state index >= 15 is 0 Å². The highest BCUT2D eigenvalue weighted by molar-refractivity contribution is 6.31. The summed E-state index contributed by atoms with van der Waals surface area (Å²) >= 11 is 5.85. The predicted octanol–water partition coefficient (Wildman–Crippen LogP) is 1.38. The molecular weight excluding hydrogens is 254 g/mol. The Morgan fingerprint density at radius 2 is 1.94 bits per heavy atom. The van der Waals surface area contributed by atoms with Crippen molar-refractivity contribution in [3.05, 3.63) is 28.8 Å². The fraction of sp³-hybridized carbons (Fsp3) is 0.333. The van der Waals surface area contributed by atoms with Crippen molar-refractivity contribution >= 4 is 29.1 Å². The topological polar surface area (TPSA) is 84.2 Å². The molecule has 1 aromatic rings. The van der Waals surface area contributed by atoms with E-state index < -0.39 is 17.4 Å². The lowest BCUT2D eigenvalue weighted by molar-refractivity contribution is -0.122. The van der Waals surface area contributed by atoms with Gasteiger partial charge in [-0.3, -0.25) is 9.59 Å². The molecule has 0 fully saturated rings. The van der Waals surface area contributed by atoms with Gasteiger partial charge < -0.3 is 16.4 Å². The minimum atomic E-state index is -1.12. The van der Waals surface area contributed by atoms with Gasteiger partial charge in [-0.25, -0.2) is 0 Å². The van der Waals surface area contributed by atoms with Crippen molar-refractivity contribution in [3.63, 3.8) is 0 Å². The Labute approximate surface area is 111 Å². The van der Waals surface area contributed by atoms with Gasteiger partial charge in [-0.1, -0.05) is 11.6 Å². The minimum absolute atomic E-state index is 0.360. The van der Waals surface area contributed by atoms with E-state index in [1.54, 1.807) is 19.2 Å². The van der Waals surface area contributed by atoms with Crippen LogP contribution in [-0.2, 0) is 4.79 Å².